The van der Waals surface area contributed by atoms with E-state index in [4.69, 9.17) is 17.0 Å². The third-order valence-electron chi connectivity index (χ3n) is 6.61. The number of phenols is 1. The van der Waals surface area contributed by atoms with Gasteiger partial charge in [0.1, 0.15) is 11.5 Å². The number of methoxy groups -OCH3 is 1. The lowest BCUT2D eigenvalue weighted by molar-refractivity contribution is 0.310. The van der Waals surface area contributed by atoms with Gasteiger partial charge in [-0.15, -0.1) is 0 Å². The molecule has 0 radical (unpaired) electrons. The summed E-state index contributed by atoms with van der Waals surface area (Å²) in [5, 5.41) is 14.0. The maximum absolute atomic E-state index is 9.76. The van der Waals surface area contributed by atoms with E-state index < -0.39 is 0 Å². The molecule has 0 amide bonds. The normalized spacial score (nSPS) is 17.5. The summed E-state index contributed by atoms with van der Waals surface area (Å²) in [4.78, 5) is 6.91. The molecule has 2 aromatic carbocycles. The first-order chi connectivity index (χ1) is 17.0. The Balaban J connectivity index is 1.59. The van der Waals surface area contributed by atoms with E-state index in [2.05, 4.69) is 51.8 Å². The quantitative estimate of drug-likeness (QED) is 0.359. The van der Waals surface area contributed by atoms with Gasteiger partial charge in [-0.1, -0.05) is 18.2 Å². The molecule has 2 aromatic heterocycles. The lowest BCUT2D eigenvalue weighted by atomic mass is 9.96. The van der Waals surface area contributed by atoms with Crippen LogP contribution in [-0.4, -0.2) is 31.8 Å². The van der Waals surface area contributed by atoms with Crippen LogP contribution >= 0.6 is 12.2 Å². The number of aromatic nitrogens is 2. The van der Waals surface area contributed by atoms with Crippen molar-refractivity contribution in [1.82, 2.24) is 19.8 Å². The van der Waals surface area contributed by atoms with Gasteiger partial charge in [0.2, 0.25) is 0 Å². The van der Waals surface area contributed by atoms with Crippen LogP contribution in [0.1, 0.15) is 40.3 Å². The first-order valence-corrected chi connectivity index (χ1v) is 12.0. The summed E-state index contributed by atoms with van der Waals surface area (Å²) in [5.41, 5.74) is 6.54. The molecule has 0 bridgehead atoms. The summed E-state index contributed by atoms with van der Waals surface area (Å²) in [7, 11) is 1.67. The predicted molar refractivity (Wildman–Crippen MR) is 141 cm³/mol. The number of benzene rings is 2. The summed E-state index contributed by atoms with van der Waals surface area (Å²) >= 11 is 5.86. The molecule has 7 heteroatoms. The minimum absolute atomic E-state index is 0.0448. The molecule has 0 aliphatic carbocycles. The Morgan fingerprint density at radius 3 is 2.43 bits per heavy atom. The molecule has 3 heterocycles. The molecular weight excluding hydrogens is 456 g/mol. The van der Waals surface area contributed by atoms with Crippen LogP contribution in [0.5, 0.6) is 11.5 Å². The van der Waals surface area contributed by atoms with Gasteiger partial charge in [-0.05, 0) is 91.8 Å². The van der Waals surface area contributed by atoms with Gasteiger partial charge in [0.15, 0.2) is 5.11 Å². The van der Waals surface area contributed by atoms with E-state index in [1.807, 2.05) is 48.7 Å². The second kappa shape index (κ2) is 9.43. The smallest absolute Gasteiger partial charge is 0.170 e. The molecule has 1 fully saturated rings. The third kappa shape index (κ3) is 4.35. The van der Waals surface area contributed by atoms with Gasteiger partial charge >= 0.3 is 0 Å². The van der Waals surface area contributed by atoms with Crippen LogP contribution in [0.4, 0.5) is 0 Å². The maximum Gasteiger partial charge on any atom is 0.170 e. The number of rotatable bonds is 6. The molecule has 0 saturated carbocycles. The highest BCUT2D eigenvalue weighted by molar-refractivity contribution is 7.80. The van der Waals surface area contributed by atoms with Crippen molar-refractivity contribution >= 4 is 17.3 Å². The minimum Gasteiger partial charge on any atom is -0.508 e. The van der Waals surface area contributed by atoms with Gasteiger partial charge in [0.25, 0.3) is 0 Å². The highest BCUT2D eigenvalue weighted by Gasteiger charge is 2.41. The van der Waals surface area contributed by atoms with Crippen molar-refractivity contribution in [1.29, 1.82) is 0 Å². The summed E-state index contributed by atoms with van der Waals surface area (Å²) in [6, 6.07) is 23.5. The Labute approximate surface area is 210 Å². The van der Waals surface area contributed by atoms with Crippen molar-refractivity contribution in [2.45, 2.75) is 32.5 Å². The van der Waals surface area contributed by atoms with E-state index in [1.165, 1.54) is 5.56 Å². The van der Waals surface area contributed by atoms with E-state index in [0.29, 0.717) is 11.7 Å². The number of aryl methyl sites for hydroxylation is 1. The molecule has 2 atom stereocenters. The van der Waals surface area contributed by atoms with Gasteiger partial charge in [0, 0.05) is 29.8 Å². The molecule has 4 aromatic rings. The van der Waals surface area contributed by atoms with E-state index in [0.717, 1.165) is 34.1 Å². The fraction of sp³-hybridized carbons (Fsp3) is 0.214. The van der Waals surface area contributed by atoms with Crippen molar-refractivity contribution in [3.63, 3.8) is 0 Å². The molecular formula is C28H28N4O2S. The molecule has 6 nitrogen and oxygen atoms in total. The molecule has 0 spiro atoms. The number of nitrogens with one attached hydrogen (secondary N) is 1. The molecule has 178 valence electrons. The topological polar surface area (TPSA) is 62.5 Å². The van der Waals surface area contributed by atoms with Crippen LogP contribution in [0.15, 0.2) is 79.0 Å². The number of thiocarbonyl (C=S) groups is 1. The fourth-order valence-electron chi connectivity index (χ4n) is 4.93. The number of nitrogens with zero attached hydrogens (tertiary/aromatic N) is 3. The molecule has 35 heavy (non-hydrogen) atoms. The Morgan fingerprint density at radius 1 is 1.03 bits per heavy atom. The first-order valence-electron chi connectivity index (χ1n) is 11.6. The van der Waals surface area contributed by atoms with Crippen molar-refractivity contribution in [2.24, 2.45) is 0 Å². The highest BCUT2D eigenvalue weighted by atomic mass is 32.1. The van der Waals surface area contributed by atoms with Crippen LogP contribution in [0, 0.1) is 13.8 Å². The zero-order valence-corrected chi connectivity index (χ0v) is 20.8. The van der Waals surface area contributed by atoms with E-state index in [9.17, 15) is 5.11 Å². The molecule has 1 saturated heterocycles. The lowest BCUT2D eigenvalue weighted by Crippen LogP contribution is -2.29. The van der Waals surface area contributed by atoms with Gasteiger partial charge < -0.3 is 24.6 Å². The third-order valence-corrected chi connectivity index (χ3v) is 6.96. The number of hydrogen-bond donors (Lipinski definition) is 2. The van der Waals surface area contributed by atoms with Crippen LogP contribution < -0.4 is 10.1 Å². The van der Waals surface area contributed by atoms with E-state index in [1.54, 1.807) is 19.2 Å². The number of hydrogen-bond acceptors (Lipinski definition) is 4. The van der Waals surface area contributed by atoms with Gasteiger partial charge in [-0.25, -0.2) is 0 Å². The van der Waals surface area contributed by atoms with Crippen molar-refractivity contribution in [2.75, 3.05) is 7.11 Å². The predicted octanol–water partition coefficient (Wildman–Crippen LogP) is 5.38. The Bertz CT molecular complexity index is 1330. The molecule has 1 aliphatic rings. The standard InChI is InChI=1S/C28H28N4O2S/c1-18-16-24(19(2)32(18)21-9-11-22(33)12-10-21)27-26(25-6-4-5-15-29-25)30-28(35)31(27)17-20-7-13-23(34-3)14-8-20/h4-16,26-27,33H,17H2,1-3H3,(H,30,35). The van der Waals surface area contributed by atoms with E-state index in [-0.39, 0.29) is 17.8 Å². The SMILES string of the molecule is COc1ccc(CN2C(=S)NC(c3ccccn3)C2c2cc(C)n(-c3ccc(O)cc3)c2C)cc1. The van der Waals surface area contributed by atoms with Crippen molar-refractivity contribution in [3.05, 3.63) is 107 Å². The Morgan fingerprint density at radius 2 is 1.77 bits per heavy atom. The zero-order chi connectivity index (χ0) is 24.5. The monoisotopic (exact) mass is 484 g/mol. The fourth-order valence-corrected chi connectivity index (χ4v) is 5.23. The summed E-state index contributed by atoms with van der Waals surface area (Å²) < 4.78 is 7.55. The Hall–Kier alpha value is -3.84. The van der Waals surface area contributed by atoms with Crippen LogP contribution in [0.25, 0.3) is 5.69 Å². The number of pyridine rings is 1. The van der Waals surface area contributed by atoms with Crippen LogP contribution in [0.3, 0.4) is 0 Å². The largest absolute Gasteiger partial charge is 0.508 e. The van der Waals surface area contributed by atoms with Crippen LogP contribution in [0.2, 0.25) is 0 Å². The summed E-state index contributed by atoms with van der Waals surface area (Å²) in [6.45, 7) is 4.90. The van der Waals surface area contributed by atoms with Crippen molar-refractivity contribution in [3.8, 4) is 17.2 Å². The van der Waals surface area contributed by atoms with Gasteiger partial charge in [-0.2, -0.15) is 0 Å². The second-order valence-corrected chi connectivity index (χ2v) is 9.17. The van der Waals surface area contributed by atoms with Crippen molar-refractivity contribution < 1.29 is 9.84 Å². The number of phenolic OH excluding ortho intramolecular Hbond substituents is 1. The first kappa shape index (κ1) is 22.9. The summed E-state index contributed by atoms with van der Waals surface area (Å²) in [6.07, 6.45) is 1.82. The lowest BCUT2D eigenvalue weighted by Gasteiger charge is -2.28. The van der Waals surface area contributed by atoms with Gasteiger partial charge in [-0.3, -0.25) is 4.98 Å². The van der Waals surface area contributed by atoms with E-state index >= 15 is 0 Å². The Kier molecular flexibility index (Phi) is 6.17. The molecule has 2 N–H and O–H groups in total. The summed E-state index contributed by atoms with van der Waals surface area (Å²) in [5.74, 6) is 1.08. The molecule has 5 rings (SSSR count). The average Bonchev–Trinajstić information content (AvgIpc) is 3.35. The average molecular weight is 485 g/mol. The van der Waals surface area contributed by atoms with Crippen LogP contribution in [-0.2, 0) is 6.54 Å². The highest BCUT2D eigenvalue weighted by Crippen LogP contribution is 2.42. The zero-order valence-electron chi connectivity index (χ0n) is 20.0. The number of ether oxygens (including phenoxy) is 1. The number of aromatic hydroxyl groups is 1. The molecule has 2 unspecified atom stereocenters. The maximum atomic E-state index is 9.76. The molecule has 1 aliphatic heterocycles. The van der Waals surface area contributed by atoms with Gasteiger partial charge in [0.05, 0.1) is 24.9 Å². The minimum atomic E-state index is -0.0873. The second-order valence-electron chi connectivity index (χ2n) is 8.78.